The fourth-order valence-electron chi connectivity index (χ4n) is 2.15. The van der Waals surface area contributed by atoms with Gasteiger partial charge in [0.05, 0.1) is 13.7 Å². The fourth-order valence-corrected chi connectivity index (χ4v) is 2.15. The Kier molecular flexibility index (Phi) is 4.20. The normalized spacial score (nSPS) is 20.0. The van der Waals surface area contributed by atoms with Crippen molar-refractivity contribution < 1.29 is 14.3 Å². The zero-order chi connectivity index (χ0) is 13.0. The first-order chi connectivity index (χ1) is 8.74. The molecule has 98 valence electrons. The summed E-state index contributed by atoms with van der Waals surface area (Å²) in [6.45, 7) is 3.66. The van der Waals surface area contributed by atoms with E-state index in [0.29, 0.717) is 6.54 Å². The number of methoxy groups -OCH3 is 1. The highest BCUT2D eigenvalue weighted by Crippen LogP contribution is 2.25. The Bertz CT molecular complexity index is 419. The maximum Gasteiger partial charge on any atom is 0.248 e. The van der Waals surface area contributed by atoms with Crippen LogP contribution in [-0.2, 0) is 9.53 Å². The molecule has 1 saturated heterocycles. The summed E-state index contributed by atoms with van der Waals surface area (Å²) in [6, 6.07) is 7.82. The molecule has 1 aromatic rings. The first kappa shape index (κ1) is 12.9. The van der Waals surface area contributed by atoms with Crippen LogP contribution in [-0.4, -0.2) is 37.6 Å². The molecule has 1 atom stereocenters. The van der Waals surface area contributed by atoms with Crippen LogP contribution in [0.2, 0.25) is 0 Å². The number of hydrogen-bond donors (Lipinski definition) is 0. The van der Waals surface area contributed by atoms with Crippen LogP contribution >= 0.6 is 0 Å². The number of rotatable bonds is 4. The van der Waals surface area contributed by atoms with Crippen molar-refractivity contribution in [2.45, 2.75) is 19.4 Å². The quantitative estimate of drug-likeness (QED) is 0.819. The lowest BCUT2D eigenvalue weighted by Gasteiger charge is -2.32. The van der Waals surface area contributed by atoms with E-state index < -0.39 is 0 Å². The first-order valence-corrected chi connectivity index (χ1v) is 6.28. The third-order valence-electron chi connectivity index (χ3n) is 3.11. The minimum atomic E-state index is -0.0515. The van der Waals surface area contributed by atoms with Crippen molar-refractivity contribution in [2.75, 3.05) is 26.8 Å². The second kappa shape index (κ2) is 5.87. The molecule has 1 fully saturated rings. The second-order valence-corrected chi connectivity index (χ2v) is 4.42. The lowest BCUT2D eigenvalue weighted by atomic mass is 10.1. The highest BCUT2D eigenvalue weighted by atomic mass is 16.5. The summed E-state index contributed by atoms with van der Waals surface area (Å²) in [5, 5.41) is 0. The number of carbonyl (C=O) groups is 1. The predicted octanol–water partition coefficient (Wildman–Crippen LogP) is 2.01. The average Bonchev–Trinajstić information content (AvgIpc) is 2.41. The SMILES string of the molecule is CCCN1CC(c2cccc(OC)c2)OCC1=O. The van der Waals surface area contributed by atoms with Gasteiger partial charge in [0.25, 0.3) is 0 Å². The van der Waals surface area contributed by atoms with Gasteiger partial charge in [-0.15, -0.1) is 0 Å². The van der Waals surface area contributed by atoms with Crippen LogP contribution in [0.5, 0.6) is 5.75 Å². The molecule has 4 heteroatoms. The molecular formula is C14H19NO3. The monoisotopic (exact) mass is 249 g/mol. The van der Waals surface area contributed by atoms with Gasteiger partial charge in [0.15, 0.2) is 0 Å². The van der Waals surface area contributed by atoms with Crippen molar-refractivity contribution in [3.8, 4) is 5.75 Å². The number of nitrogens with zero attached hydrogens (tertiary/aromatic N) is 1. The zero-order valence-corrected chi connectivity index (χ0v) is 10.9. The molecule has 1 heterocycles. The van der Waals surface area contributed by atoms with Crippen LogP contribution in [0.1, 0.15) is 25.0 Å². The molecule has 18 heavy (non-hydrogen) atoms. The summed E-state index contributed by atoms with van der Waals surface area (Å²) >= 11 is 0. The lowest BCUT2D eigenvalue weighted by molar-refractivity contribution is -0.149. The molecule has 0 N–H and O–H groups in total. The van der Waals surface area contributed by atoms with Gasteiger partial charge in [0.1, 0.15) is 18.5 Å². The Balaban J connectivity index is 2.10. The maximum absolute atomic E-state index is 11.7. The number of carbonyl (C=O) groups excluding carboxylic acids is 1. The van der Waals surface area contributed by atoms with Crippen molar-refractivity contribution in [1.29, 1.82) is 0 Å². The van der Waals surface area contributed by atoms with E-state index in [9.17, 15) is 4.79 Å². The van der Waals surface area contributed by atoms with E-state index in [1.807, 2.05) is 29.2 Å². The Morgan fingerprint density at radius 1 is 1.50 bits per heavy atom. The highest BCUT2D eigenvalue weighted by molar-refractivity contribution is 5.78. The number of amides is 1. The van der Waals surface area contributed by atoms with E-state index in [0.717, 1.165) is 24.3 Å². The van der Waals surface area contributed by atoms with Gasteiger partial charge in [-0.05, 0) is 24.1 Å². The second-order valence-electron chi connectivity index (χ2n) is 4.42. The van der Waals surface area contributed by atoms with Crippen molar-refractivity contribution >= 4 is 5.91 Å². The van der Waals surface area contributed by atoms with E-state index in [2.05, 4.69) is 6.92 Å². The summed E-state index contributed by atoms with van der Waals surface area (Å²) in [7, 11) is 1.65. The van der Waals surface area contributed by atoms with E-state index in [-0.39, 0.29) is 18.6 Å². The van der Waals surface area contributed by atoms with Crippen LogP contribution < -0.4 is 4.74 Å². The molecule has 0 spiro atoms. The van der Waals surface area contributed by atoms with Gasteiger partial charge in [0, 0.05) is 6.54 Å². The summed E-state index contributed by atoms with van der Waals surface area (Å²) in [4.78, 5) is 13.5. The van der Waals surface area contributed by atoms with E-state index in [1.54, 1.807) is 7.11 Å². The standard InChI is InChI=1S/C14H19NO3/c1-3-7-15-9-13(18-10-14(15)16)11-5-4-6-12(8-11)17-2/h4-6,8,13H,3,7,9-10H2,1-2H3. The summed E-state index contributed by atoms with van der Waals surface area (Å²) < 4.78 is 10.8. The average molecular weight is 249 g/mol. The number of benzene rings is 1. The minimum Gasteiger partial charge on any atom is -0.497 e. The van der Waals surface area contributed by atoms with Crippen LogP contribution in [0, 0.1) is 0 Å². The molecule has 4 nitrogen and oxygen atoms in total. The van der Waals surface area contributed by atoms with E-state index in [4.69, 9.17) is 9.47 Å². The van der Waals surface area contributed by atoms with Gasteiger partial charge in [-0.2, -0.15) is 0 Å². The smallest absolute Gasteiger partial charge is 0.248 e. The first-order valence-electron chi connectivity index (χ1n) is 6.28. The van der Waals surface area contributed by atoms with Crippen molar-refractivity contribution in [3.63, 3.8) is 0 Å². The molecule has 0 bridgehead atoms. The zero-order valence-electron chi connectivity index (χ0n) is 10.9. The minimum absolute atomic E-state index is 0.0515. The van der Waals surface area contributed by atoms with Crippen molar-refractivity contribution in [2.24, 2.45) is 0 Å². The lowest BCUT2D eigenvalue weighted by Crippen LogP contribution is -2.43. The number of hydrogen-bond acceptors (Lipinski definition) is 3. The van der Waals surface area contributed by atoms with E-state index in [1.165, 1.54) is 0 Å². The summed E-state index contributed by atoms with van der Waals surface area (Å²) in [5.41, 5.74) is 1.06. The van der Waals surface area contributed by atoms with Gasteiger partial charge >= 0.3 is 0 Å². The third-order valence-corrected chi connectivity index (χ3v) is 3.11. The van der Waals surface area contributed by atoms with Crippen LogP contribution in [0.3, 0.4) is 0 Å². The largest absolute Gasteiger partial charge is 0.497 e. The van der Waals surface area contributed by atoms with Gasteiger partial charge < -0.3 is 14.4 Å². The van der Waals surface area contributed by atoms with Gasteiger partial charge in [-0.1, -0.05) is 19.1 Å². The van der Waals surface area contributed by atoms with Crippen molar-refractivity contribution in [3.05, 3.63) is 29.8 Å². The van der Waals surface area contributed by atoms with Gasteiger partial charge in [-0.3, -0.25) is 4.79 Å². The molecule has 1 aliphatic heterocycles. The molecule has 2 rings (SSSR count). The molecular weight excluding hydrogens is 230 g/mol. The Hall–Kier alpha value is -1.55. The van der Waals surface area contributed by atoms with Gasteiger partial charge in [-0.25, -0.2) is 0 Å². The van der Waals surface area contributed by atoms with Crippen LogP contribution in [0.4, 0.5) is 0 Å². The fraction of sp³-hybridized carbons (Fsp3) is 0.500. The Morgan fingerprint density at radius 3 is 3.06 bits per heavy atom. The third kappa shape index (κ3) is 2.82. The molecule has 0 aromatic heterocycles. The molecule has 0 aliphatic carbocycles. The topological polar surface area (TPSA) is 38.8 Å². The van der Waals surface area contributed by atoms with E-state index >= 15 is 0 Å². The number of ether oxygens (including phenoxy) is 2. The summed E-state index contributed by atoms with van der Waals surface area (Å²) in [6.07, 6.45) is 0.917. The molecule has 1 amide bonds. The molecule has 1 unspecified atom stereocenters. The molecule has 1 aliphatic rings. The van der Waals surface area contributed by atoms with Crippen molar-refractivity contribution in [1.82, 2.24) is 4.90 Å². The Morgan fingerprint density at radius 2 is 2.33 bits per heavy atom. The van der Waals surface area contributed by atoms with Gasteiger partial charge in [0.2, 0.25) is 5.91 Å². The Labute approximate surface area is 107 Å². The molecule has 0 saturated carbocycles. The highest BCUT2D eigenvalue weighted by Gasteiger charge is 2.26. The van der Waals surface area contributed by atoms with Crippen LogP contribution in [0.25, 0.3) is 0 Å². The maximum atomic E-state index is 11.7. The number of morpholine rings is 1. The predicted molar refractivity (Wildman–Crippen MR) is 68.6 cm³/mol. The van der Waals surface area contributed by atoms with Crippen LogP contribution in [0.15, 0.2) is 24.3 Å². The molecule has 1 aromatic carbocycles. The summed E-state index contributed by atoms with van der Waals surface area (Å²) in [5.74, 6) is 0.894. The molecule has 0 radical (unpaired) electrons.